The summed E-state index contributed by atoms with van der Waals surface area (Å²) < 4.78 is 25.5. The largest absolute Gasteiger partial charge is 0.397 e. The zero-order chi connectivity index (χ0) is 14.6. The molecule has 0 radical (unpaired) electrons. The molecule has 8 heteroatoms. The van der Waals surface area contributed by atoms with Gasteiger partial charge in [-0.15, -0.1) is 0 Å². The third-order valence-corrected chi connectivity index (χ3v) is 4.25. The van der Waals surface area contributed by atoms with Gasteiger partial charge >= 0.3 is 0 Å². The summed E-state index contributed by atoms with van der Waals surface area (Å²) >= 11 is 0. The number of nitrogens with two attached hydrogens (primary N) is 1. The average molecular weight is 295 g/mol. The lowest BCUT2D eigenvalue weighted by Crippen LogP contribution is -2.19. The molecule has 1 heterocycles. The standard InChI is InChI=1S/C12H17N5O2S/c1-14-20(18,19)9-2-3-11(10(13)8-9)15-5-4-12-16-6-7-17-12/h2-3,6-8,14-15H,4-5,13H2,1H3,(H,16,17). The van der Waals surface area contributed by atoms with E-state index in [4.69, 9.17) is 5.73 Å². The van der Waals surface area contributed by atoms with E-state index >= 15 is 0 Å². The molecule has 0 aliphatic rings. The third-order valence-electron chi connectivity index (χ3n) is 2.83. The smallest absolute Gasteiger partial charge is 0.240 e. The van der Waals surface area contributed by atoms with E-state index in [1.807, 2.05) is 0 Å². The molecule has 0 saturated carbocycles. The molecule has 0 saturated heterocycles. The quantitative estimate of drug-likeness (QED) is 0.581. The normalized spacial score (nSPS) is 11.4. The van der Waals surface area contributed by atoms with Crippen LogP contribution >= 0.6 is 0 Å². The topological polar surface area (TPSA) is 113 Å². The summed E-state index contributed by atoms with van der Waals surface area (Å²) in [6.07, 6.45) is 4.19. The number of nitrogen functional groups attached to an aromatic ring is 1. The highest BCUT2D eigenvalue weighted by Gasteiger charge is 2.12. The molecule has 0 fully saturated rings. The van der Waals surface area contributed by atoms with E-state index in [0.717, 1.165) is 12.2 Å². The molecule has 0 amide bonds. The number of imidazole rings is 1. The van der Waals surface area contributed by atoms with Crippen LogP contribution in [0, 0.1) is 0 Å². The first-order valence-electron chi connectivity index (χ1n) is 6.08. The predicted octanol–water partition coefficient (Wildman–Crippen LogP) is 0.555. The molecule has 0 atom stereocenters. The molecule has 108 valence electrons. The van der Waals surface area contributed by atoms with Crippen molar-refractivity contribution in [2.45, 2.75) is 11.3 Å². The van der Waals surface area contributed by atoms with Crippen molar-refractivity contribution in [1.82, 2.24) is 14.7 Å². The van der Waals surface area contributed by atoms with E-state index < -0.39 is 10.0 Å². The molecular weight excluding hydrogens is 278 g/mol. The van der Waals surface area contributed by atoms with E-state index in [2.05, 4.69) is 20.0 Å². The molecule has 2 aromatic rings. The number of hydrogen-bond acceptors (Lipinski definition) is 5. The van der Waals surface area contributed by atoms with Crippen LogP contribution < -0.4 is 15.8 Å². The third kappa shape index (κ3) is 3.28. The van der Waals surface area contributed by atoms with E-state index in [1.54, 1.807) is 18.5 Å². The fourth-order valence-corrected chi connectivity index (χ4v) is 2.50. The maximum atomic E-state index is 11.6. The van der Waals surface area contributed by atoms with Crippen molar-refractivity contribution in [1.29, 1.82) is 0 Å². The summed E-state index contributed by atoms with van der Waals surface area (Å²) in [7, 11) is -2.10. The first-order chi connectivity index (χ1) is 9.53. The van der Waals surface area contributed by atoms with Gasteiger partial charge < -0.3 is 16.0 Å². The molecule has 2 rings (SSSR count). The van der Waals surface area contributed by atoms with Crippen LogP contribution in [-0.4, -0.2) is 32.0 Å². The first kappa shape index (κ1) is 14.4. The number of H-pyrrole nitrogens is 1. The second-order valence-electron chi connectivity index (χ2n) is 4.17. The fraction of sp³-hybridized carbons (Fsp3) is 0.250. The van der Waals surface area contributed by atoms with Crippen molar-refractivity contribution in [3.63, 3.8) is 0 Å². The van der Waals surface area contributed by atoms with Crippen molar-refractivity contribution in [3.8, 4) is 0 Å². The van der Waals surface area contributed by atoms with Crippen molar-refractivity contribution in [2.75, 3.05) is 24.6 Å². The Morgan fingerprint density at radius 2 is 2.20 bits per heavy atom. The van der Waals surface area contributed by atoms with Crippen molar-refractivity contribution in [2.24, 2.45) is 0 Å². The summed E-state index contributed by atoms with van der Waals surface area (Å²) in [6.45, 7) is 0.649. The second kappa shape index (κ2) is 5.93. The molecule has 0 spiro atoms. The van der Waals surface area contributed by atoms with Gasteiger partial charge in [-0.1, -0.05) is 0 Å². The molecule has 0 unspecified atom stereocenters. The highest BCUT2D eigenvalue weighted by Crippen LogP contribution is 2.22. The molecule has 0 aliphatic carbocycles. The number of aromatic amines is 1. The number of hydrogen-bond donors (Lipinski definition) is 4. The Labute approximate surface area is 117 Å². The van der Waals surface area contributed by atoms with Gasteiger partial charge in [0.15, 0.2) is 0 Å². The molecule has 7 nitrogen and oxygen atoms in total. The van der Waals surface area contributed by atoms with Gasteiger partial charge in [-0.25, -0.2) is 18.1 Å². The van der Waals surface area contributed by atoms with E-state index in [1.165, 1.54) is 19.2 Å². The Kier molecular flexibility index (Phi) is 4.26. The molecule has 1 aromatic heterocycles. The van der Waals surface area contributed by atoms with Gasteiger partial charge in [0.2, 0.25) is 10.0 Å². The molecule has 0 bridgehead atoms. The first-order valence-corrected chi connectivity index (χ1v) is 7.56. The van der Waals surface area contributed by atoms with E-state index in [-0.39, 0.29) is 4.90 Å². The minimum absolute atomic E-state index is 0.147. The lowest BCUT2D eigenvalue weighted by atomic mass is 10.2. The number of anilines is 2. The van der Waals surface area contributed by atoms with Gasteiger partial charge in [-0.3, -0.25) is 0 Å². The van der Waals surface area contributed by atoms with Crippen LogP contribution in [0.2, 0.25) is 0 Å². The molecule has 1 aromatic carbocycles. The number of aromatic nitrogens is 2. The maximum absolute atomic E-state index is 11.6. The van der Waals surface area contributed by atoms with Gasteiger partial charge in [-0.05, 0) is 25.2 Å². The van der Waals surface area contributed by atoms with Crippen LogP contribution in [0.3, 0.4) is 0 Å². The van der Waals surface area contributed by atoms with Gasteiger partial charge in [-0.2, -0.15) is 0 Å². The minimum atomic E-state index is -3.47. The van der Waals surface area contributed by atoms with Crippen LogP contribution in [0.15, 0.2) is 35.5 Å². The number of benzene rings is 1. The maximum Gasteiger partial charge on any atom is 0.240 e. The molecule has 20 heavy (non-hydrogen) atoms. The highest BCUT2D eigenvalue weighted by atomic mass is 32.2. The van der Waals surface area contributed by atoms with Crippen LogP contribution in [-0.2, 0) is 16.4 Å². The molecule has 0 aliphatic heterocycles. The van der Waals surface area contributed by atoms with Crippen LogP contribution in [0.1, 0.15) is 5.82 Å². The van der Waals surface area contributed by atoms with Crippen LogP contribution in [0.5, 0.6) is 0 Å². The lowest BCUT2D eigenvalue weighted by molar-refractivity contribution is 0.588. The summed E-state index contributed by atoms with van der Waals surface area (Å²) in [6, 6.07) is 4.60. The van der Waals surface area contributed by atoms with E-state index in [0.29, 0.717) is 17.9 Å². The van der Waals surface area contributed by atoms with E-state index in [9.17, 15) is 8.42 Å². The summed E-state index contributed by atoms with van der Waals surface area (Å²) in [4.78, 5) is 7.26. The van der Waals surface area contributed by atoms with Gasteiger partial charge in [0.1, 0.15) is 5.82 Å². The number of nitrogens with one attached hydrogen (secondary N) is 3. The molecule has 5 N–H and O–H groups in total. The van der Waals surface area contributed by atoms with Gasteiger partial charge in [0, 0.05) is 25.4 Å². The Morgan fingerprint density at radius 1 is 1.40 bits per heavy atom. The summed E-state index contributed by atoms with van der Waals surface area (Å²) in [5.41, 5.74) is 6.94. The number of sulfonamides is 1. The minimum Gasteiger partial charge on any atom is -0.397 e. The lowest BCUT2D eigenvalue weighted by Gasteiger charge is -2.10. The van der Waals surface area contributed by atoms with Gasteiger partial charge in [0.25, 0.3) is 0 Å². The Hall–Kier alpha value is -2.06. The summed E-state index contributed by atoms with van der Waals surface area (Å²) in [5.74, 6) is 0.880. The van der Waals surface area contributed by atoms with Crippen LogP contribution in [0.25, 0.3) is 0 Å². The Morgan fingerprint density at radius 3 is 2.80 bits per heavy atom. The number of nitrogens with zero attached hydrogens (tertiary/aromatic N) is 1. The van der Waals surface area contributed by atoms with Gasteiger partial charge in [0.05, 0.1) is 16.3 Å². The average Bonchev–Trinajstić information content (AvgIpc) is 2.93. The predicted molar refractivity (Wildman–Crippen MR) is 77.9 cm³/mol. The highest BCUT2D eigenvalue weighted by molar-refractivity contribution is 7.89. The molecular formula is C12H17N5O2S. The SMILES string of the molecule is CNS(=O)(=O)c1ccc(NCCc2ncc[nH]2)c(N)c1. The Bertz CT molecular complexity index is 667. The zero-order valence-electron chi connectivity index (χ0n) is 11.1. The fourth-order valence-electron chi connectivity index (χ4n) is 1.74. The number of rotatable bonds is 6. The second-order valence-corrected chi connectivity index (χ2v) is 6.06. The Balaban J connectivity index is 2.03. The van der Waals surface area contributed by atoms with Crippen molar-refractivity contribution in [3.05, 3.63) is 36.4 Å². The van der Waals surface area contributed by atoms with Crippen LogP contribution in [0.4, 0.5) is 11.4 Å². The zero-order valence-corrected chi connectivity index (χ0v) is 11.9. The van der Waals surface area contributed by atoms with Crippen molar-refractivity contribution < 1.29 is 8.42 Å². The monoisotopic (exact) mass is 295 g/mol. The summed E-state index contributed by atoms with van der Waals surface area (Å²) in [5, 5.41) is 3.15. The van der Waals surface area contributed by atoms with Crippen molar-refractivity contribution >= 4 is 21.4 Å².